The smallest absolute Gasteiger partial charge is 0.317 e. The number of phenolic OH excluding ortho intramolecular Hbond substituents is 1. The van der Waals surface area contributed by atoms with Crippen molar-refractivity contribution in [2.24, 2.45) is 0 Å². The zero-order valence-electron chi connectivity index (χ0n) is 10.3. The number of benzene rings is 1. The SMILES string of the molecule is C[C@H](NC(=O)N1CCCC1)c1ccc(O)c(F)c1. The number of nitrogens with one attached hydrogen (secondary N) is 1. The lowest BCUT2D eigenvalue weighted by Crippen LogP contribution is -2.39. The molecule has 0 aliphatic carbocycles. The van der Waals surface area contributed by atoms with Crippen LogP contribution in [0.5, 0.6) is 5.75 Å². The van der Waals surface area contributed by atoms with Gasteiger partial charge in [-0.25, -0.2) is 9.18 Å². The molecule has 0 radical (unpaired) electrons. The van der Waals surface area contributed by atoms with Crippen LogP contribution in [-0.4, -0.2) is 29.1 Å². The van der Waals surface area contributed by atoms with Gasteiger partial charge in [-0.3, -0.25) is 0 Å². The number of likely N-dealkylation sites (tertiary alicyclic amines) is 1. The molecular formula is C13H17FN2O2. The number of aromatic hydroxyl groups is 1. The largest absolute Gasteiger partial charge is 0.505 e. The molecule has 2 N–H and O–H groups in total. The minimum absolute atomic E-state index is 0.117. The second kappa shape index (κ2) is 5.25. The van der Waals surface area contributed by atoms with Crippen molar-refractivity contribution in [3.05, 3.63) is 29.6 Å². The van der Waals surface area contributed by atoms with Gasteiger partial charge in [-0.1, -0.05) is 6.07 Å². The molecule has 1 aromatic rings. The van der Waals surface area contributed by atoms with Crippen molar-refractivity contribution < 1.29 is 14.3 Å². The van der Waals surface area contributed by atoms with Crippen LogP contribution in [-0.2, 0) is 0 Å². The van der Waals surface area contributed by atoms with E-state index in [1.165, 1.54) is 12.1 Å². The molecule has 18 heavy (non-hydrogen) atoms. The summed E-state index contributed by atoms with van der Waals surface area (Å²) in [6, 6.07) is 3.74. The molecule has 0 saturated carbocycles. The lowest BCUT2D eigenvalue weighted by molar-refractivity contribution is 0.205. The fraction of sp³-hybridized carbons (Fsp3) is 0.462. The van der Waals surface area contributed by atoms with E-state index >= 15 is 0 Å². The first kappa shape index (κ1) is 12.7. The maximum Gasteiger partial charge on any atom is 0.317 e. The summed E-state index contributed by atoms with van der Waals surface area (Å²) in [5.74, 6) is -1.05. The summed E-state index contributed by atoms with van der Waals surface area (Å²) in [5.41, 5.74) is 0.637. The summed E-state index contributed by atoms with van der Waals surface area (Å²) >= 11 is 0. The number of urea groups is 1. The van der Waals surface area contributed by atoms with Crippen LogP contribution >= 0.6 is 0 Å². The number of phenols is 1. The first-order valence-electron chi connectivity index (χ1n) is 6.12. The Hall–Kier alpha value is -1.78. The van der Waals surface area contributed by atoms with E-state index in [2.05, 4.69) is 5.32 Å². The zero-order valence-corrected chi connectivity index (χ0v) is 10.3. The Bertz CT molecular complexity index is 445. The molecule has 5 heteroatoms. The van der Waals surface area contributed by atoms with E-state index in [-0.39, 0.29) is 17.8 Å². The number of nitrogens with zero attached hydrogens (tertiary/aromatic N) is 1. The van der Waals surface area contributed by atoms with Crippen molar-refractivity contribution in [1.82, 2.24) is 10.2 Å². The van der Waals surface area contributed by atoms with Crippen molar-refractivity contribution in [2.75, 3.05) is 13.1 Å². The molecule has 0 unspecified atom stereocenters. The zero-order chi connectivity index (χ0) is 13.1. The Balaban J connectivity index is 2.00. The maximum atomic E-state index is 13.2. The van der Waals surface area contributed by atoms with Crippen LogP contribution < -0.4 is 5.32 Å². The standard InChI is InChI=1S/C13H17FN2O2/c1-9(10-4-5-12(17)11(14)8-10)15-13(18)16-6-2-3-7-16/h4-5,8-9,17H,2-3,6-7H2,1H3,(H,15,18)/t9-/m0/s1. The van der Waals surface area contributed by atoms with E-state index in [0.29, 0.717) is 5.56 Å². The molecule has 1 aromatic carbocycles. The highest BCUT2D eigenvalue weighted by molar-refractivity contribution is 5.74. The topological polar surface area (TPSA) is 52.6 Å². The van der Waals surface area contributed by atoms with Crippen molar-refractivity contribution in [1.29, 1.82) is 0 Å². The molecule has 98 valence electrons. The number of hydrogen-bond donors (Lipinski definition) is 2. The van der Waals surface area contributed by atoms with Gasteiger partial charge in [0.05, 0.1) is 6.04 Å². The van der Waals surface area contributed by atoms with Crippen molar-refractivity contribution in [2.45, 2.75) is 25.8 Å². The summed E-state index contributed by atoms with van der Waals surface area (Å²) in [6.07, 6.45) is 2.07. The normalized spacial score (nSPS) is 16.7. The van der Waals surface area contributed by atoms with Crippen molar-refractivity contribution >= 4 is 6.03 Å². The average molecular weight is 252 g/mol. The van der Waals surface area contributed by atoms with Crippen molar-refractivity contribution in [3.63, 3.8) is 0 Å². The minimum atomic E-state index is -0.672. The molecule has 1 heterocycles. The lowest BCUT2D eigenvalue weighted by atomic mass is 10.1. The maximum absolute atomic E-state index is 13.2. The molecular weight excluding hydrogens is 235 g/mol. The molecule has 2 rings (SSSR count). The fourth-order valence-electron chi connectivity index (χ4n) is 2.07. The predicted molar refractivity (Wildman–Crippen MR) is 65.8 cm³/mol. The molecule has 1 atom stereocenters. The van der Waals surface area contributed by atoms with Crippen LogP contribution in [0.15, 0.2) is 18.2 Å². The summed E-state index contributed by atoms with van der Waals surface area (Å²) in [5, 5.41) is 11.9. The van der Waals surface area contributed by atoms with Gasteiger partial charge in [0.1, 0.15) is 0 Å². The highest BCUT2D eigenvalue weighted by Crippen LogP contribution is 2.21. The van der Waals surface area contributed by atoms with E-state index in [4.69, 9.17) is 5.11 Å². The summed E-state index contributed by atoms with van der Waals surface area (Å²) in [4.78, 5) is 13.6. The van der Waals surface area contributed by atoms with Gasteiger partial charge in [-0.15, -0.1) is 0 Å². The van der Waals surface area contributed by atoms with E-state index in [0.717, 1.165) is 25.9 Å². The van der Waals surface area contributed by atoms with Crippen LogP contribution in [0.3, 0.4) is 0 Å². The Morgan fingerprint density at radius 3 is 2.72 bits per heavy atom. The number of hydrogen-bond acceptors (Lipinski definition) is 2. The quantitative estimate of drug-likeness (QED) is 0.849. The molecule has 1 saturated heterocycles. The Morgan fingerprint density at radius 2 is 2.11 bits per heavy atom. The second-order valence-corrected chi connectivity index (χ2v) is 4.58. The van der Waals surface area contributed by atoms with Gasteiger partial charge in [0.2, 0.25) is 0 Å². The predicted octanol–water partition coefficient (Wildman–Crippen LogP) is 2.40. The monoisotopic (exact) mass is 252 g/mol. The third kappa shape index (κ3) is 2.72. The number of halogens is 1. The Kier molecular flexibility index (Phi) is 3.69. The number of amides is 2. The van der Waals surface area contributed by atoms with Gasteiger partial charge < -0.3 is 15.3 Å². The summed E-state index contributed by atoms with van der Waals surface area (Å²) in [6.45, 7) is 3.35. The highest BCUT2D eigenvalue weighted by Gasteiger charge is 2.20. The number of carbonyl (C=O) groups is 1. The van der Waals surface area contributed by atoms with Crippen LogP contribution in [0, 0.1) is 5.82 Å². The molecule has 1 aliphatic rings. The van der Waals surface area contributed by atoms with E-state index in [1.807, 2.05) is 0 Å². The Labute approximate surface area is 105 Å². The summed E-state index contributed by atoms with van der Waals surface area (Å²) in [7, 11) is 0. The van der Waals surface area contributed by atoms with Crippen LogP contribution in [0.25, 0.3) is 0 Å². The van der Waals surface area contributed by atoms with Gasteiger partial charge in [0.15, 0.2) is 11.6 Å². The average Bonchev–Trinajstić information content (AvgIpc) is 2.86. The minimum Gasteiger partial charge on any atom is -0.505 e. The second-order valence-electron chi connectivity index (χ2n) is 4.58. The van der Waals surface area contributed by atoms with E-state index in [9.17, 15) is 9.18 Å². The van der Waals surface area contributed by atoms with Gasteiger partial charge in [-0.05, 0) is 37.5 Å². The van der Waals surface area contributed by atoms with Crippen LogP contribution in [0.1, 0.15) is 31.4 Å². The van der Waals surface area contributed by atoms with Crippen LogP contribution in [0.2, 0.25) is 0 Å². The first-order chi connectivity index (χ1) is 8.58. The van der Waals surface area contributed by atoms with Gasteiger partial charge in [-0.2, -0.15) is 0 Å². The number of rotatable bonds is 2. The molecule has 1 aliphatic heterocycles. The van der Waals surface area contributed by atoms with E-state index < -0.39 is 5.82 Å². The molecule has 1 fully saturated rings. The molecule has 0 spiro atoms. The highest BCUT2D eigenvalue weighted by atomic mass is 19.1. The molecule has 0 bridgehead atoms. The molecule has 2 amide bonds. The van der Waals surface area contributed by atoms with Crippen LogP contribution in [0.4, 0.5) is 9.18 Å². The summed E-state index contributed by atoms with van der Waals surface area (Å²) < 4.78 is 13.2. The third-order valence-corrected chi connectivity index (χ3v) is 3.20. The van der Waals surface area contributed by atoms with Gasteiger partial charge >= 0.3 is 6.03 Å². The third-order valence-electron chi connectivity index (χ3n) is 3.20. The lowest BCUT2D eigenvalue weighted by Gasteiger charge is -2.20. The van der Waals surface area contributed by atoms with Gasteiger partial charge in [0, 0.05) is 13.1 Å². The molecule has 0 aromatic heterocycles. The van der Waals surface area contributed by atoms with Gasteiger partial charge in [0.25, 0.3) is 0 Å². The number of carbonyl (C=O) groups excluding carboxylic acids is 1. The fourth-order valence-corrected chi connectivity index (χ4v) is 2.07. The first-order valence-corrected chi connectivity index (χ1v) is 6.12. The molecule has 4 nitrogen and oxygen atoms in total. The Morgan fingerprint density at radius 1 is 1.44 bits per heavy atom. The van der Waals surface area contributed by atoms with E-state index in [1.54, 1.807) is 17.9 Å². The van der Waals surface area contributed by atoms with Crippen molar-refractivity contribution in [3.8, 4) is 5.75 Å².